The molecule has 1 saturated heterocycles. The van der Waals surface area contributed by atoms with Crippen LogP contribution in [0.15, 0.2) is 42.9 Å². The normalized spacial score (nSPS) is 23.6. The molecule has 27 heavy (non-hydrogen) atoms. The van der Waals surface area contributed by atoms with Gasteiger partial charge in [-0.2, -0.15) is 0 Å². The molecule has 1 aliphatic carbocycles. The van der Waals surface area contributed by atoms with Crippen LogP contribution in [0.2, 0.25) is 0 Å². The smallest absolute Gasteiger partial charge is 0.170 e. The Morgan fingerprint density at radius 3 is 2.78 bits per heavy atom. The largest absolute Gasteiger partial charge is 0.396 e. The average Bonchev–Trinajstić information content (AvgIpc) is 3.32. The van der Waals surface area contributed by atoms with Crippen LogP contribution in [0.4, 0.5) is 0 Å². The van der Waals surface area contributed by atoms with Gasteiger partial charge >= 0.3 is 0 Å². The first-order valence-corrected chi connectivity index (χ1v) is 10.4. The second kappa shape index (κ2) is 8.40. The lowest BCUT2D eigenvalue weighted by molar-refractivity contribution is 0.247. The molecule has 0 amide bonds. The summed E-state index contributed by atoms with van der Waals surface area (Å²) in [7, 11) is 0. The maximum Gasteiger partial charge on any atom is 0.170 e. The second-order valence-corrected chi connectivity index (χ2v) is 7.97. The van der Waals surface area contributed by atoms with E-state index in [1.54, 1.807) is 0 Å². The number of thiocarbonyl (C=S) groups is 1. The molecule has 144 valence electrons. The molecule has 5 nitrogen and oxygen atoms in total. The van der Waals surface area contributed by atoms with E-state index in [4.69, 9.17) is 12.2 Å². The maximum atomic E-state index is 9.32. The minimum absolute atomic E-state index is 0.0274. The van der Waals surface area contributed by atoms with Crippen molar-refractivity contribution in [2.75, 3.05) is 13.2 Å². The highest BCUT2D eigenvalue weighted by molar-refractivity contribution is 7.80. The number of aliphatic hydroxyl groups is 1. The maximum absolute atomic E-state index is 9.32. The number of nitrogens with one attached hydrogen (secondary N) is 1. The summed E-state index contributed by atoms with van der Waals surface area (Å²) in [6, 6.07) is 9.00. The van der Waals surface area contributed by atoms with Crippen LogP contribution in [0.3, 0.4) is 0 Å². The number of hydrogen-bond donors (Lipinski definition) is 2. The van der Waals surface area contributed by atoms with Gasteiger partial charge in [-0.1, -0.05) is 25.3 Å². The molecule has 0 spiro atoms. The van der Waals surface area contributed by atoms with Crippen molar-refractivity contribution in [1.82, 2.24) is 19.8 Å². The number of nitrogens with zero attached hydrogens (tertiary/aromatic N) is 3. The monoisotopic (exact) mass is 384 g/mol. The topological polar surface area (TPSA) is 53.3 Å². The van der Waals surface area contributed by atoms with Gasteiger partial charge in [-0.15, -0.1) is 0 Å². The molecule has 3 heterocycles. The Kier molecular flexibility index (Phi) is 5.74. The van der Waals surface area contributed by atoms with Gasteiger partial charge in [0.05, 0.1) is 17.8 Å². The molecule has 2 aromatic heterocycles. The van der Waals surface area contributed by atoms with Crippen LogP contribution in [-0.4, -0.2) is 37.8 Å². The van der Waals surface area contributed by atoms with Gasteiger partial charge in [-0.3, -0.25) is 4.98 Å². The molecule has 2 aromatic rings. The molecular weight excluding hydrogens is 356 g/mol. The summed E-state index contributed by atoms with van der Waals surface area (Å²) in [4.78, 5) is 6.79. The standard InChI is InChI=1S/C21H28N4OS/c26-14-6-12-25-20(19(23-21(25)27)18-9-4-5-11-22-18)16-10-13-24(15-16)17-7-2-1-3-8-17/h4-5,9-11,13,15,17,19-20,26H,1-3,6-8,12,14H2,(H,23,27)/t19-,20-/m0/s1. The predicted molar refractivity (Wildman–Crippen MR) is 110 cm³/mol. The zero-order valence-corrected chi connectivity index (χ0v) is 16.4. The molecule has 2 fully saturated rings. The highest BCUT2D eigenvalue weighted by Gasteiger charge is 2.39. The summed E-state index contributed by atoms with van der Waals surface area (Å²) in [5.41, 5.74) is 2.27. The Morgan fingerprint density at radius 2 is 2.04 bits per heavy atom. The van der Waals surface area contributed by atoms with Crippen LogP contribution in [0.5, 0.6) is 0 Å². The summed E-state index contributed by atoms with van der Waals surface area (Å²) in [5.74, 6) is 0. The van der Waals surface area contributed by atoms with E-state index in [1.165, 1.54) is 37.7 Å². The van der Waals surface area contributed by atoms with Gasteiger partial charge in [0.1, 0.15) is 0 Å². The van der Waals surface area contributed by atoms with Gasteiger partial charge in [0.2, 0.25) is 0 Å². The van der Waals surface area contributed by atoms with Crippen molar-refractivity contribution >= 4 is 17.3 Å². The highest BCUT2D eigenvalue weighted by Crippen LogP contribution is 2.39. The van der Waals surface area contributed by atoms with Crippen molar-refractivity contribution in [2.24, 2.45) is 0 Å². The second-order valence-electron chi connectivity index (χ2n) is 7.58. The predicted octanol–water partition coefficient (Wildman–Crippen LogP) is 3.74. The lowest BCUT2D eigenvalue weighted by Crippen LogP contribution is -2.31. The van der Waals surface area contributed by atoms with Crippen LogP contribution in [-0.2, 0) is 0 Å². The summed E-state index contributed by atoms with van der Waals surface area (Å²) in [6.45, 7) is 0.911. The molecule has 1 aliphatic heterocycles. The van der Waals surface area contributed by atoms with Crippen LogP contribution in [0.1, 0.15) is 67.9 Å². The molecule has 4 rings (SSSR count). The van der Waals surface area contributed by atoms with E-state index in [1.807, 2.05) is 18.3 Å². The van der Waals surface area contributed by atoms with Crippen LogP contribution >= 0.6 is 12.2 Å². The SMILES string of the molecule is OCCCN1C(=S)N[C@@H](c2ccccn2)[C@@H]1c1ccn(C2CCCCC2)c1. The summed E-state index contributed by atoms with van der Waals surface area (Å²) in [6.07, 6.45) is 13.6. The quantitative estimate of drug-likeness (QED) is 0.743. The fourth-order valence-corrected chi connectivity index (χ4v) is 4.79. The van der Waals surface area contributed by atoms with Gasteiger partial charge in [0.15, 0.2) is 5.11 Å². The molecule has 2 atom stereocenters. The first kappa shape index (κ1) is 18.4. The Balaban J connectivity index is 1.64. The average molecular weight is 385 g/mol. The van der Waals surface area contributed by atoms with Crippen molar-refractivity contribution in [3.05, 3.63) is 54.1 Å². The first-order chi connectivity index (χ1) is 13.3. The molecular formula is C21H28N4OS. The Labute approximate surface area is 166 Å². The Bertz CT molecular complexity index is 757. The number of pyridine rings is 1. The Hall–Kier alpha value is -1.92. The van der Waals surface area contributed by atoms with Crippen molar-refractivity contribution in [1.29, 1.82) is 0 Å². The van der Waals surface area contributed by atoms with E-state index in [0.29, 0.717) is 12.5 Å². The fourth-order valence-electron chi connectivity index (χ4n) is 4.46. The highest BCUT2D eigenvalue weighted by atomic mass is 32.1. The number of hydrogen-bond acceptors (Lipinski definition) is 3. The summed E-state index contributed by atoms with van der Waals surface area (Å²) in [5, 5.41) is 13.5. The molecule has 0 bridgehead atoms. The molecule has 1 saturated carbocycles. The minimum atomic E-state index is 0.0274. The van der Waals surface area contributed by atoms with Crippen molar-refractivity contribution in [3.8, 4) is 0 Å². The number of aromatic nitrogens is 2. The Morgan fingerprint density at radius 1 is 1.19 bits per heavy atom. The van der Waals surface area contributed by atoms with Gasteiger partial charge in [-0.05, 0) is 55.2 Å². The van der Waals surface area contributed by atoms with Crippen molar-refractivity contribution in [3.63, 3.8) is 0 Å². The zero-order valence-electron chi connectivity index (χ0n) is 15.6. The van der Waals surface area contributed by atoms with Gasteiger partial charge in [0, 0.05) is 37.8 Å². The van der Waals surface area contributed by atoms with E-state index in [2.05, 4.69) is 44.3 Å². The van der Waals surface area contributed by atoms with Crippen molar-refractivity contribution in [2.45, 2.75) is 56.7 Å². The first-order valence-electron chi connectivity index (χ1n) is 10.0. The molecule has 0 unspecified atom stereocenters. The molecule has 2 aliphatic rings. The summed E-state index contributed by atoms with van der Waals surface area (Å²) < 4.78 is 2.40. The van der Waals surface area contributed by atoms with Gasteiger partial charge in [-0.25, -0.2) is 0 Å². The van der Waals surface area contributed by atoms with Crippen molar-refractivity contribution < 1.29 is 5.11 Å². The number of aliphatic hydroxyl groups excluding tert-OH is 1. The van der Waals surface area contributed by atoms with E-state index in [0.717, 1.165) is 17.4 Å². The summed E-state index contributed by atoms with van der Waals surface area (Å²) >= 11 is 5.64. The lowest BCUT2D eigenvalue weighted by atomic mass is 9.95. The lowest BCUT2D eigenvalue weighted by Gasteiger charge is -2.27. The number of rotatable bonds is 6. The van der Waals surface area contributed by atoms with E-state index in [-0.39, 0.29) is 18.7 Å². The molecule has 6 heteroatoms. The van der Waals surface area contributed by atoms with Crippen LogP contribution in [0, 0.1) is 0 Å². The molecule has 0 aromatic carbocycles. The van der Waals surface area contributed by atoms with Gasteiger partial charge in [0.25, 0.3) is 0 Å². The zero-order chi connectivity index (χ0) is 18.6. The van der Waals surface area contributed by atoms with E-state index in [9.17, 15) is 5.11 Å². The third-order valence-corrected chi connectivity index (χ3v) is 6.18. The third kappa shape index (κ3) is 3.87. The van der Waals surface area contributed by atoms with Gasteiger partial charge < -0.3 is 19.9 Å². The van der Waals surface area contributed by atoms with E-state index < -0.39 is 0 Å². The third-order valence-electron chi connectivity index (χ3n) is 5.83. The van der Waals surface area contributed by atoms with Crippen LogP contribution < -0.4 is 5.32 Å². The van der Waals surface area contributed by atoms with E-state index >= 15 is 0 Å². The molecule has 0 radical (unpaired) electrons. The molecule has 2 N–H and O–H groups in total. The van der Waals surface area contributed by atoms with Crippen LogP contribution in [0.25, 0.3) is 0 Å². The minimum Gasteiger partial charge on any atom is -0.396 e. The fraction of sp³-hybridized carbons (Fsp3) is 0.524.